The number of nitrogens with zero attached hydrogens (tertiary/aromatic N) is 3. The molecular formula is C16H20N4O2. The molecule has 0 aliphatic heterocycles. The first-order valence-corrected chi connectivity index (χ1v) is 7.12. The minimum atomic E-state index is -0.995. The molecule has 3 N–H and O–H groups in total. The molecule has 1 atom stereocenters. The molecule has 2 rings (SSSR count). The zero-order valence-electron chi connectivity index (χ0n) is 12.7. The Morgan fingerprint density at radius 1 is 1.32 bits per heavy atom. The second kappa shape index (κ2) is 7.00. The van der Waals surface area contributed by atoms with E-state index >= 15 is 0 Å². The highest BCUT2D eigenvalue weighted by Crippen LogP contribution is 2.19. The Kier molecular flexibility index (Phi) is 5.06. The molecule has 1 heterocycles. The van der Waals surface area contributed by atoms with Gasteiger partial charge in [-0.3, -0.25) is 9.78 Å². The van der Waals surface area contributed by atoms with Gasteiger partial charge in [-0.05, 0) is 18.9 Å². The molecule has 0 saturated heterocycles. The summed E-state index contributed by atoms with van der Waals surface area (Å²) in [7, 11) is 1.96. The fourth-order valence-corrected chi connectivity index (χ4v) is 1.99. The normalized spacial score (nSPS) is 12.0. The van der Waals surface area contributed by atoms with E-state index in [1.807, 2.05) is 36.2 Å². The minimum Gasteiger partial charge on any atom is -0.480 e. The molecule has 116 valence electrons. The number of hydrogen-bond acceptors (Lipinski definition) is 5. The fourth-order valence-electron chi connectivity index (χ4n) is 1.99. The zero-order valence-corrected chi connectivity index (χ0v) is 12.7. The third-order valence-electron chi connectivity index (χ3n) is 3.51. The summed E-state index contributed by atoms with van der Waals surface area (Å²) in [5.41, 5.74) is 8.14. The molecule has 6 nitrogen and oxygen atoms in total. The summed E-state index contributed by atoms with van der Waals surface area (Å²) in [5, 5.41) is 8.83. The summed E-state index contributed by atoms with van der Waals surface area (Å²) >= 11 is 0. The number of aliphatic carboxylic acids is 1. The van der Waals surface area contributed by atoms with Crippen LogP contribution in [0.15, 0.2) is 36.7 Å². The van der Waals surface area contributed by atoms with Gasteiger partial charge in [-0.15, -0.1) is 0 Å². The third kappa shape index (κ3) is 3.79. The topological polar surface area (TPSA) is 92.3 Å². The maximum Gasteiger partial charge on any atom is 0.320 e. The van der Waals surface area contributed by atoms with Crippen LogP contribution in [0.1, 0.15) is 12.5 Å². The number of aromatic nitrogens is 2. The highest BCUT2D eigenvalue weighted by molar-refractivity contribution is 5.73. The molecule has 0 bridgehead atoms. The van der Waals surface area contributed by atoms with E-state index in [9.17, 15) is 4.79 Å². The number of anilines is 1. The van der Waals surface area contributed by atoms with Gasteiger partial charge in [-0.2, -0.15) is 0 Å². The Labute approximate surface area is 129 Å². The van der Waals surface area contributed by atoms with Crippen LogP contribution in [0.2, 0.25) is 0 Å². The average Bonchev–Trinajstić information content (AvgIpc) is 2.54. The predicted molar refractivity (Wildman–Crippen MR) is 85.7 cm³/mol. The van der Waals surface area contributed by atoms with E-state index in [1.165, 1.54) is 0 Å². The van der Waals surface area contributed by atoms with Crippen molar-refractivity contribution in [2.45, 2.75) is 19.4 Å². The summed E-state index contributed by atoms with van der Waals surface area (Å²) in [4.78, 5) is 21.6. The van der Waals surface area contributed by atoms with E-state index < -0.39 is 12.0 Å². The number of rotatable bonds is 6. The van der Waals surface area contributed by atoms with Gasteiger partial charge in [0.15, 0.2) is 0 Å². The monoisotopic (exact) mass is 300 g/mol. The van der Waals surface area contributed by atoms with Crippen LogP contribution in [0, 0.1) is 0 Å². The van der Waals surface area contributed by atoms with Gasteiger partial charge < -0.3 is 15.7 Å². The lowest BCUT2D eigenvalue weighted by molar-refractivity contribution is -0.138. The summed E-state index contributed by atoms with van der Waals surface area (Å²) in [6.07, 6.45) is 3.75. The van der Waals surface area contributed by atoms with Crippen molar-refractivity contribution in [3.63, 3.8) is 0 Å². The molecule has 0 fully saturated rings. The number of carboxylic acid groups (broad SMARTS) is 1. The largest absolute Gasteiger partial charge is 0.480 e. The number of carboxylic acids is 1. The number of hydrogen-bond donors (Lipinski definition) is 2. The predicted octanol–water partition coefficient (Wildman–Crippen LogP) is 1.55. The standard InChI is InChI=1S/C16H20N4O2/c1-3-20(2)15-10-18-9-14(19-15)12-6-4-11(5-7-12)8-13(17)16(21)22/h4-7,9-10,13H,3,8,17H2,1-2H3,(H,21,22). The number of carbonyl (C=O) groups is 1. The minimum absolute atomic E-state index is 0.305. The average molecular weight is 300 g/mol. The van der Waals surface area contributed by atoms with Gasteiger partial charge in [-0.1, -0.05) is 24.3 Å². The van der Waals surface area contributed by atoms with Crippen LogP contribution in [0.4, 0.5) is 5.82 Å². The Morgan fingerprint density at radius 2 is 2.00 bits per heavy atom. The van der Waals surface area contributed by atoms with Crippen molar-refractivity contribution < 1.29 is 9.90 Å². The van der Waals surface area contributed by atoms with Gasteiger partial charge in [0.05, 0.1) is 18.1 Å². The molecule has 22 heavy (non-hydrogen) atoms. The highest BCUT2D eigenvalue weighted by atomic mass is 16.4. The summed E-state index contributed by atoms with van der Waals surface area (Å²) in [6.45, 7) is 2.90. The van der Waals surface area contributed by atoms with Gasteiger partial charge in [-0.25, -0.2) is 4.98 Å². The van der Waals surface area contributed by atoms with Crippen LogP contribution in [0.3, 0.4) is 0 Å². The molecule has 6 heteroatoms. The first-order valence-electron chi connectivity index (χ1n) is 7.12. The van der Waals surface area contributed by atoms with Crippen molar-refractivity contribution in [3.05, 3.63) is 42.2 Å². The third-order valence-corrected chi connectivity index (χ3v) is 3.51. The molecule has 1 aromatic carbocycles. The maximum absolute atomic E-state index is 10.8. The Bertz CT molecular complexity index is 643. The first kappa shape index (κ1) is 15.9. The van der Waals surface area contributed by atoms with Crippen molar-refractivity contribution in [2.75, 3.05) is 18.5 Å². The van der Waals surface area contributed by atoms with E-state index in [0.717, 1.165) is 29.2 Å². The van der Waals surface area contributed by atoms with Crippen molar-refractivity contribution in [2.24, 2.45) is 5.73 Å². The number of benzene rings is 1. The van der Waals surface area contributed by atoms with Crippen molar-refractivity contribution in [3.8, 4) is 11.3 Å². The van der Waals surface area contributed by atoms with E-state index in [-0.39, 0.29) is 0 Å². The van der Waals surface area contributed by atoms with Crippen LogP contribution in [-0.4, -0.2) is 40.7 Å². The quantitative estimate of drug-likeness (QED) is 0.841. The van der Waals surface area contributed by atoms with Crippen LogP contribution in [0.25, 0.3) is 11.3 Å². The van der Waals surface area contributed by atoms with Gasteiger partial charge in [0.1, 0.15) is 11.9 Å². The zero-order chi connectivity index (χ0) is 16.1. The van der Waals surface area contributed by atoms with Crippen molar-refractivity contribution >= 4 is 11.8 Å². The van der Waals surface area contributed by atoms with Crippen LogP contribution in [-0.2, 0) is 11.2 Å². The molecule has 1 unspecified atom stereocenters. The molecule has 0 amide bonds. The molecule has 0 spiro atoms. The summed E-state index contributed by atoms with van der Waals surface area (Å²) in [5.74, 6) is -0.178. The first-order chi connectivity index (χ1) is 10.5. The highest BCUT2D eigenvalue weighted by Gasteiger charge is 2.12. The summed E-state index contributed by atoms with van der Waals surface area (Å²) in [6, 6.07) is 6.67. The molecule has 0 saturated carbocycles. The van der Waals surface area contributed by atoms with Gasteiger partial charge in [0.2, 0.25) is 0 Å². The smallest absolute Gasteiger partial charge is 0.320 e. The molecule has 0 radical (unpaired) electrons. The SMILES string of the molecule is CCN(C)c1cncc(-c2ccc(CC(N)C(=O)O)cc2)n1. The van der Waals surface area contributed by atoms with Crippen molar-refractivity contribution in [1.82, 2.24) is 9.97 Å². The Balaban J connectivity index is 2.18. The van der Waals surface area contributed by atoms with E-state index in [1.54, 1.807) is 12.4 Å². The molecule has 0 aliphatic carbocycles. The van der Waals surface area contributed by atoms with E-state index in [4.69, 9.17) is 10.8 Å². The molecule has 2 aromatic rings. The summed E-state index contributed by atoms with van der Waals surface area (Å²) < 4.78 is 0. The van der Waals surface area contributed by atoms with Gasteiger partial charge >= 0.3 is 5.97 Å². The van der Waals surface area contributed by atoms with Gasteiger partial charge in [0, 0.05) is 19.2 Å². The maximum atomic E-state index is 10.8. The second-order valence-corrected chi connectivity index (χ2v) is 5.12. The molecular weight excluding hydrogens is 280 g/mol. The Hall–Kier alpha value is -2.47. The van der Waals surface area contributed by atoms with Crippen LogP contribution in [0.5, 0.6) is 0 Å². The van der Waals surface area contributed by atoms with E-state index in [0.29, 0.717) is 6.42 Å². The molecule has 0 aliphatic rings. The van der Waals surface area contributed by atoms with Crippen LogP contribution < -0.4 is 10.6 Å². The lowest BCUT2D eigenvalue weighted by atomic mass is 10.0. The fraction of sp³-hybridized carbons (Fsp3) is 0.312. The van der Waals surface area contributed by atoms with Crippen LogP contribution >= 0.6 is 0 Å². The number of nitrogens with two attached hydrogens (primary N) is 1. The van der Waals surface area contributed by atoms with Crippen molar-refractivity contribution in [1.29, 1.82) is 0 Å². The Morgan fingerprint density at radius 3 is 2.59 bits per heavy atom. The van der Waals surface area contributed by atoms with Gasteiger partial charge in [0.25, 0.3) is 0 Å². The van der Waals surface area contributed by atoms with E-state index in [2.05, 4.69) is 16.9 Å². The second-order valence-electron chi connectivity index (χ2n) is 5.12. The lowest BCUT2D eigenvalue weighted by Gasteiger charge is -2.15. The molecule has 1 aromatic heterocycles. The lowest BCUT2D eigenvalue weighted by Crippen LogP contribution is -2.32.